The van der Waals surface area contributed by atoms with Gasteiger partial charge in [-0.3, -0.25) is 4.79 Å². The molecule has 0 unspecified atom stereocenters. The number of aromatic nitrogens is 2. The lowest BCUT2D eigenvalue weighted by Crippen LogP contribution is -2.48. The van der Waals surface area contributed by atoms with E-state index in [9.17, 15) is 13.2 Å². The van der Waals surface area contributed by atoms with Gasteiger partial charge in [0.05, 0.1) is 28.9 Å². The topological polar surface area (TPSA) is 135 Å². The van der Waals surface area contributed by atoms with Crippen molar-refractivity contribution in [3.63, 3.8) is 0 Å². The first-order chi connectivity index (χ1) is 17.3. The largest absolute Gasteiger partial charge is 0.340 e. The Bertz CT molecular complexity index is 1480. The predicted molar refractivity (Wildman–Crippen MR) is 137 cm³/mol. The van der Waals surface area contributed by atoms with Gasteiger partial charge < -0.3 is 15.6 Å². The van der Waals surface area contributed by atoms with Crippen LogP contribution in [0.15, 0.2) is 90.0 Å². The lowest BCUT2D eigenvalue weighted by atomic mass is 9.92. The number of aromatic amines is 1. The number of nitrogens with one attached hydrogen (secondary N) is 1. The molecule has 0 fully saturated rings. The highest BCUT2D eigenvalue weighted by molar-refractivity contribution is 7.89. The van der Waals surface area contributed by atoms with Crippen LogP contribution >= 0.6 is 0 Å². The number of fused-ring (bicyclic) bond motifs is 1. The number of sulfonamides is 1. The number of H-pyrrole nitrogens is 1. The maximum absolute atomic E-state index is 13.6. The molecular weight excluding hydrogens is 474 g/mol. The Kier molecular flexibility index (Phi) is 6.44. The molecule has 1 aliphatic rings. The number of carbonyl (C=O) groups excluding carboxylic acids is 1. The Balaban J connectivity index is 1.41. The lowest BCUT2D eigenvalue weighted by molar-refractivity contribution is -0.136. The zero-order valence-corrected chi connectivity index (χ0v) is 20.4. The highest BCUT2D eigenvalue weighted by Crippen LogP contribution is 2.33. The van der Waals surface area contributed by atoms with E-state index in [2.05, 4.69) is 16.0 Å². The van der Waals surface area contributed by atoms with Gasteiger partial charge in [-0.1, -0.05) is 66.7 Å². The van der Waals surface area contributed by atoms with Crippen molar-refractivity contribution in [1.82, 2.24) is 14.9 Å². The molecule has 36 heavy (non-hydrogen) atoms. The summed E-state index contributed by atoms with van der Waals surface area (Å²) in [6, 6.07) is 23.0. The van der Waals surface area contributed by atoms with Crippen molar-refractivity contribution in [2.45, 2.75) is 36.4 Å². The number of imidazole rings is 1. The van der Waals surface area contributed by atoms with E-state index in [1.165, 1.54) is 17.7 Å². The van der Waals surface area contributed by atoms with Gasteiger partial charge in [0.15, 0.2) is 0 Å². The number of nitrogens with two attached hydrogens (primary N) is 2. The fourth-order valence-electron chi connectivity index (χ4n) is 4.64. The van der Waals surface area contributed by atoms with E-state index in [0.29, 0.717) is 18.8 Å². The van der Waals surface area contributed by atoms with Crippen molar-refractivity contribution in [1.29, 1.82) is 0 Å². The number of amides is 1. The molecule has 5 N–H and O–H groups in total. The maximum atomic E-state index is 13.6. The molecule has 1 aromatic heterocycles. The van der Waals surface area contributed by atoms with Gasteiger partial charge in [0.1, 0.15) is 5.82 Å². The monoisotopic (exact) mass is 501 g/mol. The van der Waals surface area contributed by atoms with Crippen LogP contribution in [0.3, 0.4) is 0 Å². The van der Waals surface area contributed by atoms with Crippen LogP contribution in [0.25, 0.3) is 11.3 Å². The van der Waals surface area contributed by atoms with Gasteiger partial charge >= 0.3 is 0 Å². The molecule has 184 valence electrons. The highest BCUT2D eigenvalue weighted by atomic mass is 32.2. The Morgan fingerprint density at radius 2 is 1.67 bits per heavy atom. The number of hydrogen-bond donors (Lipinski definition) is 3. The fraction of sp³-hybridized carbons (Fsp3) is 0.185. The summed E-state index contributed by atoms with van der Waals surface area (Å²) in [6.07, 6.45) is 2.68. The van der Waals surface area contributed by atoms with Crippen molar-refractivity contribution in [3.8, 4) is 11.3 Å². The minimum Gasteiger partial charge on any atom is -0.340 e. The van der Waals surface area contributed by atoms with E-state index in [0.717, 1.165) is 22.4 Å². The summed E-state index contributed by atoms with van der Waals surface area (Å²) in [5.74, 6) is 0.518. The van der Waals surface area contributed by atoms with Crippen LogP contribution < -0.4 is 10.9 Å². The Morgan fingerprint density at radius 3 is 2.36 bits per heavy atom. The molecule has 1 aliphatic heterocycles. The molecule has 0 saturated carbocycles. The number of hydrogen-bond acceptors (Lipinski definition) is 5. The average molecular weight is 502 g/mol. The molecule has 2 atom stereocenters. The van der Waals surface area contributed by atoms with Gasteiger partial charge in [-0.25, -0.2) is 18.5 Å². The summed E-state index contributed by atoms with van der Waals surface area (Å²) in [7, 11) is -3.78. The van der Waals surface area contributed by atoms with Crippen LogP contribution in [0.1, 0.15) is 28.6 Å². The number of rotatable bonds is 6. The summed E-state index contributed by atoms with van der Waals surface area (Å²) in [5, 5.41) is 5.18. The second-order valence-corrected chi connectivity index (χ2v) is 10.6. The van der Waals surface area contributed by atoms with E-state index in [4.69, 9.17) is 10.9 Å². The van der Waals surface area contributed by atoms with Crippen LogP contribution in [-0.4, -0.2) is 35.2 Å². The quantitative estimate of drug-likeness (QED) is 0.373. The smallest absolute Gasteiger partial charge is 0.240 e. The Hall–Kier alpha value is -3.79. The standard InChI is InChI=1S/C27H27N5O3S/c28-23(14-18-10-12-22(13-11-18)36(29,34)35)27(33)32-17-21-9-5-4-8-20(21)15-25(32)26-30-16-24(31-26)19-6-2-1-3-7-19/h1-13,16,23,25H,14-15,17,28H2,(H,30,31)(H2,29,34,35)/t23-,25-/m0/s1. The van der Waals surface area contributed by atoms with Gasteiger partial charge in [-0.05, 0) is 40.8 Å². The average Bonchev–Trinajstić information content (AvgIpc) is 3.38. The minimum absolute atomic E-state index is 0.0193. The third-order valence-electron chi connectivity index (χ3n) is 6.55. The number of primary sulfonamides is 1. The number of carbonyl (C=O) groups is 1. The molecular formula is C27H27N5O3S. The van der Waals surface area contributed by atoms with E-state index in [1.807, 2.05) is 48.5 Å². The van der Waals surface area contributed by atoms with Gasteiger partial charge in [-0.2, -0.15) is 0 Å². The van der Waals surface area contributed by atoms with E-state index in [-0.39, 0.29) is 23.3 Å². The number of nitrogens with zero attached hydrogens (tertiary/aromatic N) is 2. The third kappa shape index (κ3) is 4.94. The molecule has 9 heteroatoms. The second-order valence-electron chi connectivity index (χ2n) is 9.00. The minimum atomic E-state index is -3.78. The normalized spacial score (nSPS) is 16.4. The van der Waals surface area contributed by atoms with Crippen molar-refractivity contribution in [2.24, 2.45) is 10.9 Å². The summed E-state index contributed by atoms with van der Waals surface area (Å²) in [6.45, 7) is 0.430. The maximum Gasteiger partial charge on any atom is 0.240 e. The Morgan fingerprint density at radius 1 is 1.00 bits per heavy atom. The molecule has 0 saturated heterocycles. The van der Waals surface area contributed by atoms with Crippen molar-refractivity contribution in [2.75, 3.05) is 0 Å². The predicted octanol–water partition coefficient (Wildman–Crippen LogP) is 2.92. The lowest BCUT2D eigenvalue weighted by Gasteiger charge is -2.37. The van der Waals surface area contributed by atoms with E-state index in [1.54, 1.807) is 23.2 Å². The van der Waals surface area contributed by atoms with Crippen molar-refractivity contribution in [3.05, 3.63) is 108 Å². The van der Waals surface area contributed by atoms with Crippen molar-refractivity contribution >= 4 is 15.9 Å². The van der Waals surface area contributed by atoms with Crippen LogP contribution in [0.5, 0.6) is 0 Å². The van der Waals surface area contributed by atoms with Crippen LogP contribution in [0.4, 0.5) is 0 Å². The first-order valence-electron chi connectivity index (χ1n) is 11.6. The summed E-state index contributed by atoms with van der Waals surface area (Å²) >= 11 is 0. The SMILES string of the molecule is N[C@@H](Cc1ccc(S(N)(=O)=O)cc1)C(=O)N1Cc2ccccc2C[C@H]1c1ncc(-c2ccccc2)[nH]1. The third-order valence-corrected chi connectivity index (χ3v) is 7.48. The summed E-state index contributed by atoms with van der Waals surface area (Å²) in [4.78, 5) is 23.5. The molecule has 0 spiro atoms. The second kappa shape index (κ2) is 9.69. The molecule has 0 aliphatic carbocycles. The zero-order chi connectivity index (χ0) is 25.3. The molecule has 0 radical (unpaired) electrons. The molecule has 0 bridgehead atoms. The van der Waals surface area contributed by atoms with Crippen LogP contribution in [0.2, 0.25) is 0 Å². The van der Waals surface area contributed by atoms with E-state index < -0.39 is 16.1 Å². The molecule has 8 nitrogen and oxygen atoms in total. The first kappa shape index (κ1) is 23.9. The molecule has 5 rings (SSSR count). The van der Waals surface area contributed by atoms with E-state index >= 15 is 0 Å². The van der Waals surface area contributed by atoms with Gasteiger partial charge in [0.2, 0.25) is 15.9 Å². The first-order valence-corrected chi connectivity index (χ1v) is 13.2. The summed E-state index contributed by atoms with van der Waals surface area (Å²) in [5.41, 5.74) is 11.3. The zero-order valence-electron chi connectivity index (χ0n) is 19.5. The fourth-order valence-corrected chi connectivity index (χ4v) is 5.15. The van der Waals surface area contributed by atoms with Crippen LogP contribution in [0, 0.1) is 0 Å². The van der Waals surface area contributed by atoms with Gasteiger partial charge in [0.25, 0.3) is 0 Å². The molecule has 1 amide bonds. The Labute approximate surface area is 210 Å². The van der Waals surface area contributed by atoms with Crippen LogP contribution in [-0.2, 0) is 34.2 Å². The molecule has 2 heterocycles. The van der Waals surface area contributed by atoms with Gasteiger partial charge in [-0.15, -0.1) is 0 Å². The number of benzene rings is 3. The highest BCUT2D eigenvalue weighted by Gasteiger charge is 2.35. The van der Waals surface area contributed by atoms with Gasteiger partial charge in [0, 0.05) is 13.0 Å². The molecule has 4 aromatic rings. The molecule has 3 aromatic carbocycles. The summed E-state index contributed by atoms with van der Waals surface area (Å²) < 4.78 is 23.1. The van der Waals surface area contributed by atoms with Crippen molar-refractivity contribution < 1.29 is 13.2 Å².